The Bertz CT molecular complexity index is 343. The van der Waals surface area contributed by atoms with Crippen LogP contribution < -0.4 is 0 Å². The maximum atomic E-state index is 13.7. The smallest absolute Gasteiger partial charge is 0.126 e. The van der Waals surface area contributed by atoms with Crippen molar-refractivity contribution in [1.82, 2.24) is 0 Å². The van der Waals surface area contributed by atoms with Gasteiger partial charge < -0.3 is 0 Å². The molecule has 0 nitrogen and oxygen atoms in total. The second kappa shape index (κ2) is 4.34. The zero-order valence-electron chi connectivity index (χ0n) is 9.59. The lowest BCUT2D eigenvalue weighted by atomic mass is 9.94. The molecule has 1 fully saturated rings. The summed E-state index contributed by atoms with van der Waals surface area (Å²) in [4.78, 5) is 0. The first-order valence-corrected chi connectivity index (χ1v) is 5.96. The van der Waals surface area contributed by atoms with Crippen LogP contribution in [-0.2, 0) is 0 Å². The average Bonchev–Trinajstić information content (AvgIpc) is 2.66. The summed E-state index contributed by atoms with van der Waals surface area (Å²) in [6.07, 6.45) is 4.85. The Labute approximate surface area is 91.5 Å². The second-order valence-electron chi connectivity index (χ2n) is 4.81. The van der Waals surface area contributed by atoms with Gasteiger partial charge in [-0.2, -0.15) is 0 Å². The number of halogens is 1. The van der Waals surface area contributed by atoms with E-state index in [0.717, 1.165) is 17.0 Å². The maximum absolute atomic E-state index is 13.7. The summed E-state index contributed by atoms with van der Waals surface area (Å²) in [5.41, 5.74) is 1.96. The minimum Gasteiger partial charge on any atom is -0.207 e. The Kier molecular flexibility index (Phi) is 3.08. The van der Waals surface area contributed by atoms with Gasteiger partial charge >= 0.3 is 0 Å². The Hall–Kier alpha value is -0.850. The van der Waals surface area contributed by atoms with Crippen molar-refractivity contribution in [3.8, 4) is 0 Å². The number of benzene rings is 1. The van der Waals surface area contributed by atoms with Crippen LogP contribution in [0.2, 0.25) is 0 Å². The van der Waals surface area contributed by atoms with Crippen LogP contribution in [0.1, 0.15) is 49.7 Å². The number of hydrogen-bond donors (Lipinski definition) is 0. The molecule has 1 aromatic carbocycles. The molecule has 2 atom stereocenters. The van der Waals surface area contributed by atoms with Gasteiger partial charge in [0.05, 0.1) is 0 Å². The molecule has 82 valence electrons. The molecule has 1 saturated carbocycles. The molecule has 0 saturated heterocycles. The highest BCUT2D eigenvalue weighted by atomic mass is 19.1. The van der Waals surface area contributed by atoms with Crippen LogP contribution in [0.5, 0.6) is 0 Å². The normalized spacial score (nSPS) is 25.8. The lowest BCUT2D eigenvalue weighted by molar-refractivity contribution is 0.514. The third kappa shape index (κ3) is 2.22. The molecule has 1 heteroatoms. The van der Waals surface area contributed by atoms with Crippen LogP contribution in [0.25, 0.3) is 0 Å². The molecule has 0 aromatic heterocycles. The van der Waals surface area contributed by atoms with E-state index >= 15 is 0 Å². The summed E-state index contributed by atoms with van der Waals surface area (Å²) in [6.45, 7) is 4.18. The summed E-state index contributed by atoms with van der Waals surface area (Å²) >= 11 is 0. The fourth-order valence-electron chi connectivity index (χ4n) is 2.69. The van der Waals surface area contributed by atoms with Crippen molar-refractivity contribution in [2.75, 3.05) is 0 Å². The highest BCUT2D eigenvalue weighted by Crippen LogP contribution is 2.40. The van der Waals surface area contributed by atoms with E-state index in [1.54, 1.807) is 6.07 Å². The Morgan fingerprint density at radius 3 is 2.73 bits per heavy atom. The van der Waals surface area contributed by atoms with E-state index in [1.165, 1.54) is 25.7 Å². The summed E-state index contributed by atoms with van der Waals surface area (Å²) in [7, 11) is 0. The molecule has 1 aliphatic rings. The van der Waals surface area contributed by atoms with E-state index in [-0.39, 0.29) is 5.82 Å². The Balaban J connectivity index is 2.17. The van der Waals surface area contributed by atoms with Gasteiger partial charge in [0.2, 0.25) is 0 Å². The van der Waals surface area contributed by atoms with Gasteiger partial charge in [0.25, 0.3) is 0 Å². The van der Waals surface area contributed by atoms with Crippen LogP contribution in [-0.4, -0.2) is 0 Å². The lowest BCUT2D eigenvalue weighted by Crippen LogP contribution is -1.98. The number of hydrogen-bond acceptors (Lipinski definition) is 0. The molecule has 0 aliphatic heterocycles. The van der Waals surface area contributed by atoms with E-state index in [0.29, 0.717) is 5.92 Å². The van der Waals surface area contributed by atoms with Crippen LogP contribution >= 0.6 is 0 Å². The molecule has 0 N–H and O–H groups in total. The standard InChI is InChI=1S/C14H19F/c1-3-11-5-6-12(9-11)13-7-4-10(2)8-14(13)15/h4,7-8,11-12H,3,5-6,9H2,1-2H3/t11-,12?/m1/s1. The van der Waals surface area contributed by atoms with Gasteiger partial charge in [0.15, 0.2) is 0 Å². The second-order valence-corrected chi connectivity index (χ2v) is 4.81. The summed E-state index contributed by atoms with van der Waals surface area (Å²) in [5, 5.41) is 0. The molecular formula is C14H19F. The van der Waals surface area contributed by atoms with Crippen molar-refractivity contribution in [2.45, 2.75) is 45.4 Å². The Morgan fingerprint density at radius 2 is 2.13 bits per heavy atom. The van der Waals surface area contributed by atoms with Crippen molar-refractivity contribution in [1.29, 1.82) is 0 Å². The molecule has 0 amide bonds. The monoisotopic (exact) mass is 206 g/mol. The fraction of sp³-hybridized carbons (Fsp3) is 0.571. The van der Waals surface area contributed by atoms with Crippen molar-refractivity contribution >= 4 is 0 Å². The van der Waals surface area contributed by atoms with Crippen LogP contribution in [0.3, 0.4) is 0 Å². The molecule has 0 bridgehead atoms. The van der Waals surface area contributed by atoms with E-state index in [9.17, 15) is 4.39 Å². The van der Waals surface area contributed by atoms with Crippen molar-refractivity contribution in [3.05, 3.63) is 35.1 Å². The third-order valence-corrected chi connectivity index (χ3v) is 3.71. The quantitative estimate of drug-likeness (QED) is 0.671. The first kappa shape index (κ1) is 10.7. The van der Waals surface area contributed by atoms with Gasteiger partial charge in [-0.15, -0.1) is 0 Å². The van der Waals surface area contributed by atoms with Crippen molar-refractivity contribution in [2.24, 2.45) is 5.92 Å². The fourth-order valence-corrected chi connectivity index (χ4v) is 2.69. The summed E-state index contributed by atoms with van der Waals surface area (Å²) in [6, 6.07) is 5.67. The van der Waals surface area contributed by atoms with Crippen molar-refractivity contribution in [3.63, 3.8) is 0 Å². The van der Waals surface area contributed by atoms with Crippen LogP contribution in [0.15, 0.2) is 18.2 Å². The molecule has 1 unspecified atom stereocenters. The van der Waals surface area contributed by atoms with Gasteiger partial charge in [-0.1, -0.05) is 25.5 Å². The van der Waals surface area contributed by atoms with Crippen LogP contribution in [0, 0.1) is 18.7 Å². The average molecular weight is 206 g/mol. The van der Waals surface area contributed by atoms with E-state index in [1.807, 2.05) is 19.1 Å². The van der Waals surface area contributed by atoms with Gasteiger partial charge in [-0.05, 0) is 55.2 Å². The molecule has 1 aromatic rings. The molecule has 1 aliphatic carbocycles. The topological polar surface area (TPSA) is 0 Å². The minimum atomic E-state index is -0.00301. The first-order valence-electron chi connectivity index (χ1n) is 5.96. The predicted molar refractivity (Wildman–Crippen MR) is 61.5 cm³/mol. The molecule has 15 heavy (non-hydrogen) atoms. The van der Waals surface area contributed by atoms with E-state index in [4.69, 9.17) is 0 Å². The highest BCUT2D eigenvalue weighted by Gasteiger charge is 2.26. The molecule has 0 radical (unpaired) electrons. The van der Waals surface area contributed by atoms with Gasteiger partial charge in [0.1, 0.15) is 5.82 Å². The van der Waals surface area contributed by atoms with Gasteiger partial charge in [-0.25, -0.2) is 4.39 Å². The van der Waals surface area contributed by atoms with Crippen molar-refractivity contribution < 1.29 is 4.39 Å². The molecule has 0 spiro atoms. The maximum Gasteiger partial charge on any atom is 0.126 e. The van der Waals surface area contributed by atoms with E-state index in [2.05, 4.69) is 6.92 Å². The predicted octanol–water partition coefficient (Wildman–Crippen LogP) is 4.43. The van der Waals surface area contributed by atoms with Crippen LogP contribution in [0.4, 0.5) is 4.39 Å². The first-order chi connectivity index (χ1) is 7.20. The number of aryl methyl sites for hydroxylation is 1. The molecular weight excluding hydrogens is 187 g/mol. The molecule has 0 heterocycles. The largest absolute Gasteiger partial charge is 0.207 e. The zero-order chi connectivity index (χ0) is 10.8. The van der Waals surface area contributed by atoms with Gasteiger partial charge in [0, 0.05) is 0 Å². The van der Waals surface area contributed by atoms with Gasteiger partial charge in [-0.3, -0.25) is 0 Å². The molecule has 2 rings (SSSR count). The highest BCUT2D eigenvalue weighted by molar-refractivity contribution is 5.27. The third-order valence-electron chi connectivity index (χ3n) is 3.71. The lowest BCUT2D eigenvalue weighted by Gasteiger charge is -2.12. The Morgan fingerprint density at radius 1 is 1.33 bits per heavy atom. The SMILES string of the molecule is CC[C@@H]1CCC(c2ccc(C)cc2F)C1. The minimum absolute atomic E-state index is 0.00301. The summed E-state index contributed by atoms with van der Waals surface area (Å²) in [5.74, 6) is 1.28. The van der Waals surface area contributed by atoms with E-state index < -0.39 is 0 Å². The number of rotatable bonds is 2. The zero-order valence-corrected chi connectivity index (χ0v) is 9.59. The summed E-state index contributed by atoms with van der Waals surface area (Å²) < 4.78 is 13.7.